The quantitative estimate of drug-likeness (QED) is 0.788. The van der Waals surface area contributed by atoms with Crippen LogP contribution in [0, 0.1) is 0 Å². The van der Waals surface area contributed by atoms with Crippen LogP contribution in [0.3, 0.4) is 0 Å². The normalized spacial score (nSPS) is 11.0. The molecule has 3 aromatic rings. The van der Waals surface area contributed by atoms with Gasteiger partial charge in [0.1, 0.15) is 0 Å². The molecule has 2 N–H and O–H groups in total. The van der Waals surface area contributed by atoms with Crippen molar-refractivity contribution >= 4 is 21.6 Å². The van der Waals surface area contributed by atoms with E-state index in [0.29, 0.717) is 19.0 Å². The van der Waals surface area contributed by atoms with Crippen molar-refractivity contribution in [3.8, 4) is 17.1 Å². The molecule has 0 saturated heterocycles. The van der Waals surface area contributed by atoms with E-state index in [1.165, 1.54) is 0 Å². The molecule has 2 heterocycles. The van der Waals surface area contributed by atoms with E-state index in [1.807, 2.05) is 43.3 Å². The van der Waals surface area contributed by atoms with E-state index in [4.69, 9.17) is 10.5 Å². The first-order valence-corrected chi connectivity index (χ1v) is 7.49. The van der Waals surface area contributed by atoms with Gasteiger partial charge in [-0.05, 0) is 25.1 Å². The molecule has 21 heavy (non-hydrogen) atoms. The monoisotopic (exact) mass is 346 g/mol. The Hall–Kier alpha value is -1.92. The Bertz CT molecular complexity index is 767. The molecule has 0 amide bonds. The first-order chi connectivity index (χ1) is 10.2. The van der Waals surface area contributed by atoms with Crippen LogP contribution in [0.2, 0.25) is 0 Å². The van der Waals surface area contributed by atoms with Crippen LogP contribution >= 0.6 is 15.9 Å². The van der Waals surface area contributed by atoms with Gasteiger partial charge in [-0.3, -0.25) is 0 Å². The molecule has 3 rings (SSSR count). The highest BCUT2D eigenvalue weighted by Crippen LogP contribution is 2.26. The number of benzene rings is 1. The summed E-state index contributed by atoms with van der Waals surface area (Å²) < 4.78 is 8.22. The van der Waals surface area contributed by atoms with Crippen molar-refractivity contribution in [3.05, 3.63) is 46.6 Å². The molecule has 108 valence electrons. The number of rotatable bonds is 4. The maximum Gasteiger partial charge on any atom is 0.231 e. The molecule has 0 fully saturated rings. The molecule has 0 bridgehead atoms. The zero-order valence-corrected chi connectivity index (χ0v) is 13.2. The standard InChI is InChI=1S/C15H15BrN4O/c1-2-21-14-8-7-13-18-15(12(9-17)20(13)19-14)10-3-5-11(16)6-4-10/h3-8H,2,9,17H2,1H3. The summed E-state index contributed by atoms with van der Waals surface area (Å²) in [6, 6.07) is 11.7. The number of nitrogens with two attached hydrogens (primary N) is 1. The molecule has 1 aromatic carbocycles. The Morgan fingerprint density at radius 3 is 2.62 bits per heavy atom. The van der Waals surface area contributed by atoms with E-state index in [0.717, 1.165) is 27.1 Å². The second kappa shape index (κ2) is 5.83. The van der Waals surface area contributed by atoms with Crippen LogP contribution in [0.4, 0.5) is 0 Å². The lowest BCUT2D eigenvalue weighted by Crippen LogP contribution is -2.06. The van der Waals surface area contributed by atoms with Crippen LogP contribution in [0.5, 0.6) is 5.88 Å². The summed E-state index contributed by atoms with van der Waals surface area (Å²) in [7, 11) is 0. The maximum atomic E-state index is 5.90. The number of ether oxygens (including phenoxy) is 1. The van der Waals surface area contributed by atoms with E-state index in [1.54, 1.807) is 4.52 Å². The van der Waals surface area contributed by atoms with Gasteiger partial charge >= 0.3 is 0 Å². The number of imidazole rings is 1. The van der Waals surface area contributed by atoms with Crippen LogP contribution in [0.1, 0.15) is 12.6 Å². The fourth-order valence-electron chi connectivity index (χ4n) is 2.21. The molecule has 0 aliphatic carbocycles. The fourth-order valence-corrected chi connectivity index (χ4v) is 2.47. The van der Waals surface area contributed by atoms with Crippen LogP contribution < -0.4 is 10.5 Å². The average Bonchev–Trinajstić information content (AvgIpc) is 2.86. The van der Waals surface area contributed by atoms with Crippen molar-refractivity contribution in [3.63, 3.8) is 0 Å². The average molecular weight is 347 g/mol. The molecular formula is C15H15BrN4O. The van der Waals surface area contributed by atoms with Crippen LogP contribution in [-0.2, 0) is 6.54 Å². The molecule has 5 nitrogen and oxygen atoms in total. The van der Waals surface area contributed by atoms with Gasteiger partial charge < -0.3 is 10.5 Å². The van der Waals surface area contributed by atoms with Crippen LogP contribution in [-0.4, -0.2) is 21.2 Å². The number of halogens is 1. The molecule has 0 aliphatic rings. The van der Waals surface area contributed by atoms with Gasteiger partial charge in [0.05, 0.1) is 18.0 Å². The van der Waals surface area contributed by atoms with Crippen LogP contribution in [0.15, 0.2) is 40.9 Å². The highest BCUT2D eigenvalue weighted by molar-refractivity contribution is 9.10. The summed E-state index contributed by atoms with van der Waals surface area (Å²) in [5.41, 5.74) is 9.40. The highest BCUT2D eigenvalue weighted by Gasteiger charge is 2.14. The molecule has 2 aromatic heterocycles. The summed E-state index contributed by atoms with van der Waals surface area (Å²) >= 11 is 3.44. The van der Waals surface area contributed by atoms with Gasteiger partial charge in [0.25, 0.3) is 0 Å². The van der Waals surface area contributed by atoms with Crippen molar-refractivity contribution in [1.82, 2.24) is 14.6 Å². The predicted octanol–water partition coefficient (Wildman–Crippen LogP) is 3.02. The SMILES string of the molecule is CCOc1ccc2nc(-c3ccc(Br)cc3)c(CN)n2n1. The maximum absolute atomic E-state index is 5.90. The first-order valence-electron chi connectivity index (χ1n) is 6.70. The number of fused-ring (bicyclic) bond motifs is 1. The molecule has 0 unspecified atom stereocenters. The third-order valence-corrected chi connectivity index (χ3v) is 3.68. The van der Waals surface area contributed by atoms with Gasteiger partial charge in [-0.2, -0.15) is 0 Å². The summed E-state index contributed by atoms with van der Waals surface area (Å²) in [5.74, 6) is 0.569. The predicted molar refractivity (Wildman–Crippen MR) is 85.2 cm³/mol. The second-order valence-corrected chi connectivity index (χ2v) is 5.41. The van der Waals surface area contributed by atoms with Crippen LogP contribution in [0.25, 0.3) is 16.9 Å². The fraction of sp³-hybridized carbons (Fsp3) is 0.200. The van der Waals surface area contributed by atoms with Gasteiger partial charge in [-0.25, -0.2) is 9.50 Å². The highest BCUT2D eigenvalue weighted by atomic mass is 79.9. The molecule has 0 aliphatic heterocycles. The smallest absolute Gasteiger partial charge is 0.231 e. The van der Waals surface area contributed by atoms with E-state index >= 15 is 0 Å². The van der Waals surface area contributed by atoms with Crippen molar-refractivity contribution in [2.75, 3.05) is 6.61 Å². The van der Waals surface area contributed by atoms with Gasteiger partial charge in [-0.1, -0.05) is 28.1 Å². The van der Waals surface area contributed by atoms with Gasteiger partial charge in [-0.15, -0.1) is 5.10 Å². The summed E-state index contributed by atoms with van der Waals surface area (Å²) in [5, 5.41) is 4.44. The topological polar surface area (TPSA) is 65.4 Å². The van der Waals surface area contributed by atoms with Gasteiger partial charge in [0, 0.05) is 22.6 Å². The molecule has 0 spiro atoms. The number of hydrogen-bond donors (Lipinski definition) is 1. The van der Waals surface area contributed by atoms with Gasteiger partial charge in [0.2, 0.25) is 5.88 Å². The Morgan fingerprint density at radius 2 is 1.95 bits per heavy atom. The lowest BCUT2D eigenvalue weighted by atomic mass is 10.1. The number of hydrogen-bond acceptors (Lipinski definition) is 4. The van der Waals surface area contributed by atoms with E-state index in [9.17, 15) is 0 Å². The van der Waals surface area contributed by atoms with Crippen molar-refractivity contribution < 1.29 is 4.74 Å². The lowest BCUT2D eigenvalue weighted by molar-refractivity contribution is 0.321. The Morgan fingerprint density at radius 1 is 1.19 bits per heavy atom. The van der Waals surface area contributed by atoms with E-state index in [2.05, 4.69) is 26.0 Å². The number of aromatic nitrogens is 3. The largest absolute Gasteiger partial charge is 0.477 e. The first kappa shape index (κ1) is 14.0. The Labute approximate surface area is 130 Å². The zero-order chi connectivity index (χ0) is 14.8. The molecule has 6 heteroatoms. The Kier molecular flexibility index (Phi) is 3.90. The Balaban J connectivity index is 2.16. The molecular weight excluding hydrogens is 332 g/mol. The summed E-state index contributed by atoms with van der Waals surface area (Å²) in [6.45, 7) is 2.86. The zero-order valence-electron chi connectivity index (χ0n) is 11.6. The molecule has 0 radical (unpaired) electrons. The third-order valence-electron chi connectivity index (χ3n) is 3.15. The van der Waals surface area contributed by atoms with Crippen molar-refractivity contribution in [1.29, 1.82) is 0 Å². The van der Waals surface area contributed by atoms with Crippen molar-refractivity contribution in [2.24, 2.45) is 5.73 Å². The minimum Gasteiger partial charge on any atom is -0.477 e. The third kappa shape index (κ3) is 2.64. The molecule has 0 saturated carbocycles. The van der Waals surface area contributed by atoms with Crippen molar-refractivity contribution in [2.45, 2.75) is 13.5 Å². The number of nitrogens with zero attached hydrogens (tertiary/aromatic N) is 3. The van der Waals surface area contributed by atoms with E-state index < -0.39 is 0 Å². The lowest BCUT2D eigenvalue weighted by Gasteiger charge is -2.04. The minimum absolute atomic E-state index is 0.356. The molecule has 0 atom stereocenters. The summed E-state index contributed by atoms with van der Waals surface area (Å²) in [6.07, 6.45) is 0. The van der Waals surface area contributed by atoms with Gasteiger partial charge in [0.15, 0.2) is 5.65 Å². The second-order valence-electron chi connectivity index (χ2n) is 4.49. The minimum atomic E-state index is 0.356. The summed E-state index contributed by atoms with van der Waals surface area (Å²) in [4.78, 5) is 4.63. The van der Waals surface area contributed by atoms with E-state index in [-0.39, 0.29) is 0 Å².